The summed E-state index contributed by atoms with van der Waals surface area (Å²) in [6.07, 6.45) is -6.16. The standard InChI is InChI=1S/C22H25F3N2O2/c1-2-29-21(28)19-18(26-13-16-9-5-3-6-10-16)15-27(20(19)22(23,24)25)14-17-11-7-4-8-12-17/h3-12,20-21,26,28H,2,13-15H2,1H3. The molecule has 0 bridgehead atoms. The first kappa shape index (κ1) is 21.4. The molecule has 2 atom stereocenters. The Morgan fingerprint density at radius 1 is 1.07 bits per heavy atom. The molecule has 2 unspecified atom stereocenters. The highest BCUT2D eigenvalue weighted by atomic mass is 19.4. The van der Waals surface area contributed by atoms with Crippen molar-refractivity contribution in [3.63, 3.8) is 0 Å². The van der Waals surface area contributed by atoms with Crippen molar-refractivity contribution in [2.24, 2.45) is 0 Å². The molecule has 0 aromatic heterocycles. The maximum Gasteiger partial charge on any atom is 0.408 e. The number of benzene rings is 2. The van der Waals surface area contributed by atoms with Crippen molar-refractivity contribution in [1.29, 1.82) is 0 Å². The van der Waals surface area contributed by atoms with Crippen molar-refractivity contribution in [2.45, 2.75) is 38.5 Å². The Bertz CT molecular complexity index is 810. The highest BCUT2D eigenvalue weighted by Gasteiger charge is 2.52. The minimum atomic E-state index is -4.54. The summed E-state index contributed by atoms with van der Waals surface area (Å²) in [6.45, 7) is 2.28. The van der Waals surface area contributed by atoms with Gasteiger partial charge in [0, 0.05) is 37.5 Å². The summed E-state index contributed by atoms with van der Waals surface area (Å²) in [5, 5.41) is 13.5. The van der Waals surface area contributed by atoms with E-state index in [9.17, 15) is 18.3 Å². The zero-order valence-electron chi connectivity index (χ0n) is 16.2. The Kier molecular flexibility index (Phi) is 6.95. The van der Waals surface area contributed by atoms with E-state index in [2.05, 4.69) is 5.32 Å². The van der Waals surface area contributed by atoms with Crippen LogP contribution in [0.5, 0.6) is 0 Å². The van der Waals surface area contributed by atoms with Crippen LogP contribution in [0.4, 0.5) is 13.2 Å². The first-order valence-electron chi connectivity index (χ1n) is 9.55. The van der Waals surface area contributed by atoms with E-state index in [1.165, 1.54) is 4.90 Å². The van der Waals surface area contributed by atoms with Crippen molar-refractivity contribution in [1.82, 2.24) is 10.2 Å². The summed E-state index contributed by atoms with van der Waals surface area (Å²) < 4.78 is 47.3. The maximum absolute atomic E-state index is 14.0. The minimum absolute atomic E-state index is 0.0470. The van der Waals surface area contributed by atoms with Gasteiger partial charge in [0.2, 0.25) is 0 Å². The van der Waals surface area contributed by atoms with Crippen molar-refractivity contribution in [2.75, 3.05) is 13.2 Å². The second-order valence-electron chi connectivity index (χ2n) is 6.92. The molecule has 1 aliphatic rings. The van der Waals surface area contributed by atoms with Gasteiger partial charge in [-0.3, -0.25) is 4.90 Å². The SMILES string of the molecule is CCOC(O)C1=C(NCc2ccccc2)CN(Cc2ccccc2)C1C(F)(F)F. The quantitative estimate of drug-likeness (QED) is 0.654. The third-order valence-electron chi connectivity index (χ3n) is 4.85. The lowest BCUT2D eigenvalue weighted by Gasteiger charge is -2.30. The van der Waals surface area contributed by atoms with E-state index in [1.807, 2.05) is 36.4 Å². The van der Waals surface area contributed by atoms with Gasteiger partial charge in [0.25, 0.3) is 0 Å². The molecular weight excluding hydrogens is 381 g/mol. The number of nitrogens with one attached hydrogen (secondary N) is 1. The van der Waals surface area contributed by atoms with E-state index >= 15 is 0 Å². The van der Waals surface area contributed by atoms with E-state index in [-0.39, 0.29) is 25.3 Å². The molecule has 3 rings (SSSR count). The van der Waals surface area contributed by atoms with E-state index < -0.39 is 18.5 Å². The maximum atomic E-state index is 14.0. The van der Waals surface area contributed by atoms with Crippen LogP contribution in [0.2, 0.25) is 0 Å². The molecule has 7 heteroatoms. The Labute approximate surface area is 168 Å². The number of aliphatic hydroxyl groups excluding tert-OH is 1. The molecule has 0 spiro atoms. The Morgan fingerprint density at radius 2 is 1.66 bits per heavy atom. The van der Waals surface area contributed by atoms with Crippen LogP contribution in [0.3, 0.4) is 0 Å². The lowest BCUT2D eigenvalue weighted by molar-refractivity contribution is -0.181. The van der Waals surface area contributed by atoms with Crippen molar-refractivity contribution in [3.05, 3.63) is 83.1 Å². The average Bonchev–Trinajstić information content (AvgIpc) is 3.07. The summed E-state index contributed by atoms with van der Waals surface area (Å²) >= 11 is 0. The number of alkyl halides is 3. The topological polar surface area (TPSA) is 44.7 Å². The van der Waals surface area contributed by atoms with E-state index in [1.54, 1.807) is 31.2 Å². The van der Waals surface area contributed by atoms with Gasteiger partial charge in [0.05, 0.1) is 0 Å². The molecule has 1 heterocycles. The van der Waals surface area contributed by atoms with Crippen LogP contribution in [0.25, 0.3) is 0 Å². The van der Waals surface area contributed by atoms with Crippen molar-refractivity contribution in [3.8, 4) is 0 Å². The highest BCUT2D eigenvalue weighted by molar-refractivity contribution is 5.32. The Hall–Kier alpha value is -2.35. The van der Waals surface area contributed by atoms with Gasteiger partial charge < -0.3 is 15.2 Å². The van der Waals surface area contributed by atoms with Gasteiger partial charge in [-0.15, -0.1) is 0 Å². The molecule has 4 nitrogen and oxygen atoms in total. The van der Waals surface area contributed by atoms with Crippen LogP contribution < -0.4 is 5.32 Å². The molecule has 29 heavy (non-hydrogen) atoms. The van der Waals surface area contributed by atoms with E-state index in [4.69, 9.17) is 4.74 Å². The van der Waals surface area contributed by atoms with Gasteiger partial charge >= 0.3 is 6.18 Å². The molecule has 156 valence electrons. The monoisotopic (exact) mass is 406 g/mol. The predicted octanol–water partition coefficient (Wildman–Crippen LogP) is 3.83. The van der Waals surface area contributed by atoms with Gasteiger partial charge in [-0.1, -0.05) is 60.7 Å². The summed E-state index contributed by atoms with van der Waals surface area (Å²) in [5.41, 5.74) is 1.91. The van der Waals surface area contributed by atoms with Crippen LogP contribution >= 0.6 is 0 Å². The first-order valence-corrected chi connectivity index (χ1v) is 9.55. The molecular formula is C22H25F3N2O2. The number of aliphatic hydroxyl groups is 1. The molecule has 2 aromatic rings. The number of hydrogen-bond donors (Lipinski definition) is 2. The highest BCUT2D eigenvalue weighted by Crippen LogP contribution is 2.38. The fourth-order valence-corrected chi connectivity index (χ4v) is 3.59. The van der Waals surface area contributed by atoms with E-state index in [0.717, 1.165) is 11.1 Å². The smallest absolute Gasteiger partial charge is 0.383 e. The van der Waals surface area contributed by atoms with Gasteiger partial charge in [-0.25, -0.2) is 0 Å². The molecule has 0 amide bonds. The zero-order chi connectivity index (χ0) is 20.9. The summed E-state index contributed by atoms with van der Waals surface area (Å²) in [5.74, 6) is 0. The number of rotatable bonds is 8. The fourth-order valence-electron chi connectivity index (χ4n) is 3.59. The van der Waals surface area contributed by atoms with Gasteiger partial charge in [0.15, 0.2) is 6.29 Å². The molecule has 0 saturated heterocycles. The van der Waals surface area contributed by atoms with Crippen molar-refractivity contribution >= 4 is 0 Å². The zero-order valence-corrected chi connectivity index (χ0v) is 16.2. The fraction of sp³-hybridized carbons (Fsp3) is 0.364. The lowest BCUT2D eigenvalue weighted by Crippen LogP contribution is -2.45. The summed E-state index contributed by atoms with van der Waals surface area (Å²) in [7, 11) is 0. The van der Waals surface area contributed by atoms with Crippen LogP contribution in [0, 0.1) is 0 Å². The molecule has 0 saturated carbocycles. The molecule has 0 fully saturated rings. The molecule has 1 aliphatic heterocycles. The number of halogens is 3. The molecule has 0 aliphatic carbocycles. The lowest BCUT2D eigenvalue weighted by atomic mass is 10.1. The molecule has 0 radical (unpaired) electrons. The van der Waals surface area contributed by atoms with Crippen LogP contribution in [0.15, 0.2) is 71.9 Å². The second kappa shape index (κ2) is 9.43. The number of hydrogen-bond acceptors (Lipinski definition) is 4. The Balaban J connectivity index is 1.89. The predicted molar refractivity (Wildman–Crippen MR) is 105 cm³/mol. The summed E-state index contributed by atoms with van der Waals surface area (Å²) in [4.78, 5) is 1.32. The third kappa shape index (κ3) is 5.38. The molecule has 2 aromatic carbocycles. The largest absolute Gasteiger partial charge is 0.408 e. The first-order chi connectivity index (χ1) is 13.9. The average molecular weight is 406 g/mol. The number of ether oxygens (including phenoxy) is 1. The Morgan fingerprint density at radius 3 is 2.21 bits per heavy atom. The van der Waals surface area contributed by atoms with Gasteiger partial charge in [-0.2, -0.15) is 13.2 Å². The van der Waals surface area contributed by atoms with Crippen molar-refractivity contribution < 1.29 is 23.0 Å². The van der Waals surface area contributed by atoms with Gasteiger partial charge in [0.1, 0.15) is 6.04 Å². The van der Waals surface area contributed by atoms with E-state index in [0.29, 0.717) is 12.2 Å². The normalized spacial score (nSPS) is 18.9. The molecule has 2 N–H and O–H groups in total. The van der Waals surface area contributed by atoms with Crippen LogP contribution in [-0.4, -0.2) is 41.7 Å². The third-order valence-corrected chi connectivity index (χ3v) is 4.85. The van der Waals surface area contributed by atoms with Crippen LogP contribution in [-0.2, 0) is 17.8 Å². The summed E-state index contributed by atoms with van der Waals surface area (Å²) in [6, 6.07) is 16.5. The minimum Gasteiger partial charge on any atom is -0.383 e. The van der Waals surface area contributed by atoms with Gasteiger partial charge in [-0.05, 0) is 18.1 Å². The number of nitrogens with zero attached hydrogens (tertiary/aromatic N) is 1. The van der Waals surface area contributed by atoms with Crippen LogP contribution in [0.1, 0.15) is 18.1 Å². The second-order valence-corrected chi connectivity index (χ2v) is 6.92.